The van der Waals surface area contributed by atoms with E-state index in [9.17, 15) is 9.90 Å². The quantitative estimate of drug-likeness (QED) is 0.712. The third-order valence-electron chi connectivity index (χ3n) is 4.30. The van der Waals surface area contributed by atoms with Crippen LogP contribution in [0.4, 0.5) is 0 Å². The van der Waals surface area contributed by atoms with Gasteiger partial charge >= 0.3 is 0 Å². The molecule has 1 aromatic carbocycles. The zero-order chi connectivity index (χ0) is 16.8. The number of piperidine rings is 1. The lowest BCUT2D eigenvalue weighted by Crippen LogP contribution is -2.44. The molecule has 7 heteroatoms. The van der Waals surface area contributed by atoms with Crippen LogP contribution in [0.25, 0.3) is 0 Å². The van der Waals surface area contributed by atoms with E-state index in [-0.39, 0.29) is 11.6 Å². The summed E-state index contributed by atoms with van der Waals surface area (Å²) in [5.41, 5.74) is 0.676. The van der Waals surface area contributed by atoms with Crippen LogP contribution >= 0.6 is 0 Å². The number of carbonyl (C=O) groups is 1. The van der Waals surface area contributed by atoms with Gasteiger partial charge in [0.25, 0.3) is 5.91 Å². The lowest BCUT2D eigenvalue weighted by molar-refractivity contribution is -0.00866. The second-order valence-electron chi connectivity index (χ2n) is 6.27. The van der Waals surface area contributed by atoms with Crippen molar-refractivity contribution in [1.82, 2.24) is 25.6 Å². The van der Waals surface area contributed by atoms with Gasteiger partial charge in [0, 0.05) is 6.54 Å². The van der Waals surface area contributed by atoms with Crippen molar-refractivity contribution in [3.05, 3.63) is 47.8 Å². The Labute approximate surface area is 141 Å². The summed E-state index contributed by atoms with van der Waals surface area (Å²) in [7, 11) is 0. The minimum Gasteiger partial charge on any atom is -0.388 e. The van der Waals surface area contributed by atoms with Gasteiger partial charge in [-0.1, -0.05) is 35.5 Å². The average Bonchev–Trinajstić information content (AvgIpc) is 3.04. The number of rotatable bonds is 6. The van der Waals surface area contributed by atoms with Crippen LogP contribution in [0.2, 0.25) is 0 Å². The molecule has 1 fully saturated rings. The molecule has 1 aliphatic rings. The van der Waals surface area contributed by atoms with Gasteiger partial charge in [0.15, 0.2) is 5.69 Å². The van der Waals surface area contributed by atoms with Crippen molar-refractivity contribution in [2.75, 3.05) is 19.6 Å². The topological polar surface area (TPSA) is 92.1 Å². The highest BCUT2D eigenvalue weighted by Crippen LogP contribution is 2.19. The summed E-state index contributed by atoms with van der Waals surface area (Å²) in [6.45, 7) is 2.49. The molecule has 2 aromatic rings. The van der Waals surface area contributed by atoms with Crippen molar-refractivity contribution < 1.29 is 9.90 Å². The van der Waals surface area contributed by atoms with Gasteiger partial charge in [-0.15, -0.1) is 5.10 Å². The van der Waals surface area contributed by atoms with Gasteiger partial charge in [-0.2, -0.15) is 0 Å². The summed E-state index contributed by atoms with van der Waals surface area (Å²) < 4.78 is 1.55. The summed E-state index contributed by atoms with van der Waals surface area (Å²) >= 11 is 0. The molecule has 0 aliphatic carbocycles. The molecule has 0 spiro atoms. The molecule has 24 heavy (non-hydrogen) atoms. The predicted molar refractivity (Wildman–Crippen MR) is 89.6 cm³/mol. The first-order valence-electron chi connectivity index (χ1n) is 8.30. The molecule has 3 rings (SSSR count). The highest BCUT2D eigenvalue weighted by Gasteiger charge is 2.30. The van der Waals surface area contributed by atoms with Crippen molar-refractivity contribution in [2.45, 2.75) is 31.4 Å². The highest BCUT2D eigenvalue weighted by atomic mass is 16.3. The Morgan fingerprint density at radius 1 is 1.29 bits per heavy atom. The Balaban J connectivity index is 1.50. The van der Waals surface area contributed by atoms with Crippen LogP contribution in [0, 0.1) is 0 Å². The van der Waals surface area contributed by atoms with Crippen LogP contribution in [0.3, 0.4) is 0 Å². The lowest BCUT2D eigenvalue weighted by atomic mass is 9.92. The smallest absolute Gasteiger partial charge is 0.273 e. The van der Waals surface area contributed by atoms with E-state index in [4.69, 9.17) is 0 Å². The van der Waals surface area contributed by atoms with E-state index in [1.807, 2.05) is 30.3 Å². The summed E-state index contributed by atoms with van der Waals surface area (Å²) in [4.78, 5) is 12.1. The number of aromatic nitrogens is 3. The second kappa shape index (κ2) is 7.55. The van der Waals surface area contributed by atoms with Crippen molar-refractivity contribution >= 4 is 5.91 Å². The maximum Gasteiger partial charge on any atom is 0.273 e. The molecule has 1 amide bonds. The zero-order valence-corrected chi connectivity index (χ0v) is 13.6. The van der Waals surface area contributed by atoms with Gasteiger partial charge in [0.1, 0.15) is 0 Å². The van der Waals surface area contributed by atoms with Crippen LogP contribution in [0.1, 0.15) is 28.9 Å². The molecule has 1 aromatic heterocycles. The van der Waals surface area contributed by atoms with Crippen LogP contribution in [-0.2, 0) is 13.0 Å². The Morgan fingerprint density at radius 3 is 2.79 bits per heavy atom. The van der Waals surface area contributed by atoms with E-state index < -0.39 is 5.60 Å². The van der Waals surface area contributed by atoms with Gasteiger partial charge in [-0.3, -0.25) is 4.79 Å². The number of benzene rings is 1. The lowest BCUT2D eigenvalue weighted by Gasteiger charge is -2.32. The Morgan fingerprint density at radius 2 is 2.04 bits per heavy atom. The van der Waals surface area contributed by atoms with Gasteiger partial charge in [0.2, 0.25) is 0 Å². The summed E-state index contributed by atoms with van der Waals surface area (Å²) in [6, 6.07) is 9.99. The maximum absolute atomic E-state index is 12.1. The van der Waals surface area contributed by atoms with E-state index in [1.165, 1.54) is 5.56 Å². The molecule has 3 N–H and O–H groups in total. The fourth-order valence-electron chi connectivity index (χ4n) is 2.89. The van der Waals surface area contributed by atoms with E-state index in [2.05, 4.69) is 20.9 Å². The molecule has 0 atom stereocenters. The molecular weight excluding hydrogens is 306 g/mol. The number of nitrogens with zero attached hydrogens (tertiary/aromatic N) is 3. The molecule has 7 nitrogen and oxygen atoms in total. The first-order valence-corrected chi connectivity index (χ1v) is 8.30. The van der Waals surface area contributed by atoms with Crippen molar-refractivity contribution in [3.8, 4) is 0 Å². The monoisotopic (exact) mass is 329 g/mol. The number of carbonyl (C=O) groups excluding carboxylic acids is 1. The molecule has 128 valence electrons. The normalized spacial score (nSPS) is 16.7. The number of amides is 1. The number of hydrogen-bond acceptors (Lipinski definition) is 5. The summed E-state index contributed by atoms with van der Waals surface area (Å²) in [5, 5.41) is 24.5. The van der Waals surface area contributed by atoms with Gasteiger partial charge < -0.3 is 15.7 Å². The zero-order valence-electron chi connectivity index (χ0n) is 13.6. The maximum atomic E-state index is 12.1. The summed E-state index contributed by atoms with van der Waals surface area (Å²) in [5.74, 6) is -0.241. The van der Waals surface area contributed by atoms with Gasteiger partial charge in [-0.05, 0) is 37.9 Å². The molecule has 0 saturated carbocycles. The van der Waals surface area contributed by atoms with Crippen molar-refractivity contribution in [2.24, 2.45) is 0 Å². The van der Waals surface area contributed by atoms with E-state index in [1.54, 1.807) is 10.9 Å². The number of nitrogens with one attached hydrogen (secondary N) is 2. The van der Waals surface area contributed by atoms with Crippen LogP contribution in [0.15, 0.2) is 36.5 Å². The Kier molecular flexibility index (Phi) is 5.22. The molecule has 1 saturated heterocycles. The molecule has 2 heterocycles. The molecule has 0 radical (unpaired) electrons. The van der Waals surface area contributed by atoms with Gasteiger partial charge in [0.05, 0.1) is 18.3 Å². The number of hydrogen-bond donors (Lipinski definition) is 3. The Hall–Kier alpha value is -2.25. The summed E-state index contributed by atoms with van der Waals surface area (Å²) in [6.07, 6.45) is 3.71. The third kappa shape index (κ3) is 4.39. The SMILES string of the molecule is O=C(NCCc1ccccc1)c1cn(CC2(O)CCNCC2)nn1. The van der Waals surface area contributed by atoms with Gasteiger partial charge in [-0.25, -0.2) is 4.68 Å². The van der Waals surface area contributed by atoms with Crippen molar-refractivity contribution in [3.63, 3.8) is 0 Å². The fourth-order valence-corrected chi connectivity index (χ4v) is 2.89. The van der Waals surface area contributed by atoms with Crippen LogP contribution < -0.4 is 10.6 Å². The molecule has 0 bridgehead atoms. The minimum absolute atomic E-state index is 0.241. The molecular formula is C17H23N5O2. The third-order valence-corrected chi connectivity index (χ3v) is 4.30. The first kappa shape index (κ1) is 16.6. The standard InChI is InChI=1S/C17H23N5O2/c23-16(19-9-6-14-4-2-1-3-5-14)15-12-22(21-20-15)13-17(24)7-10-18-11-8-17/h1-5,12,18,24H,6-11,13H2,(H,19,23). The Bertz CT molecular complexity index is 665. The molecule has 0 unspecified atom stereocenters. The number of aliphatic hydroxyl groups is 1. The predicted octanol–water partition coefficient (Wildman–Crippen LogP) is 0.365. The largest absolute Gasteiger partial charge is 0.388 e. The highest BCUT2D eigenvalue weighted by molar-refractivity contribution is 5.91. The van der Waals surface area contributed by atoms with E-state index >= 15 is 0 Å². The second-order valence-corrected chi connectivity index (χ2v) is 6.27. The minimum atomic E-state index is -0.778. The fraction of sp³-hybridized carbons (Fsp3) is 0.471. The van der Waals surface area contributed by atoms with Crippen molar-refractivity contribution in [1.29, 1.82) is 0 Å². The van der Waals surface area contributed by atoms with Crippen LogP contribution in [-0.4, -0.2) is 51.2 Å². The van der Waals surface area contributed by atoms with E-state index in [0.29, 0.717) is 25.9 Å². The van der Waals surface area contributed by atoms with Crippen LogP contribution in [0.5, 0.6) is 0 Å². The average molecular weight is 329 g/mol. The first-order chi connectivity index (χ1) is 11.6. The van der Waals surface area contributed by atoms with E-state index in [0.717, 1.165) is 19.5 Å². The molecule has 1 aliphatic heterocycles.